The van der Waals surface area contributed by atoms with Gasteiger partial charge in [-0.25, -0.2) is 4.98 Å². The van der Waals surface area contributed by atoms with Crippen LogP contribution in [0.15, 0.2) is 18.7 Å². The zero-order valence-corrected chi connectivity index (χ0v) is 11.7. The Morgan fingerprint density at radius 1 is 1.42 bits per heavy atom. The van der Waals surface area contributed by atoms with Crippen LogP contribution in [0.25, 0.3) is 0 Å². The van der Waals surface area contributed by atoms with Gasteiger partial charge in [0.15, 0.2) is 0 Å². The zero-order chi connectivity index (χ0) is 13.7. The lowest BCUT2D eigenvalue weighted by molar-refractivity contribution is -0.132. The fraction of sp³-hybridized carbons (Fsp3) is 0.692. The van der Waals surface area contributed by atoms with Crippen molar-refractivity contribution in [2.75, 3.05) is 32.7 Å². The Morgan fingerprint density at radius 2 is 2.16 bits per heavy atom. The molecule has 2 rings (SSSR count). The number of aromatic nitrogens is 2. The summed E-state index contributed by atoms with van der Waals surface area (Å²) in [5.41, 5.74) is -0.447. The molecule has 0 spiro atoms. The molecule has 0 bridgehead atoms. The summed E-state index contributed by atoms with van der Waals surface area (Å²) >= 11 is 0. The van der Waals surface area contributed by atoms with Crippen molar-refractivity contribution in [2.24, 2.45) is 0 Å². The molecule has 2 heterocycles. The summed E-state index contributed by atoms with van der Waals surface area (Å²) in [6, 6.07) is 0. The molecule has 0 atom stereocenters. The molecule has 106 valence electrons. The molecule has 6 nitrogen and oxygen atoms in total. The minimum absolute atomic E-state index is 0.0921. The van der Waals surface area contributed by atoms with Crippen molar-refractivity contribution in [3.05, 3.63) is 18.7 Å². The van der Waals surface area contributed by atoms with Gasteiger partial charge in [0, 0.05) is 51.7 Å². The van der Waals surface area contributed by atoms with Crippen LogP contribution >= 0.6 is 0 Å². The van der Waals surface area contributed by atoms with E-state index in [1.165, 1.54) is 0 Å². The van der Waals surface area contributed by atoms with Gasteiger partial charge in [-0.2, -0.15) is 0 Å². The summed E-state index contributed by atoms with van der Waals surface area (Å²) < 4.78 is 1.96. The molecular formula is C13H23N5O. The van der Waals surface area contributed by atoms with Crippen molar-refractivity contribution in [2.45, 2.75) is 25.9 Å². The summed E-state index contributed by atoms with van der Waals surface area (Å²) in [4.78, 5) is 18.5. The average Bonchev–Trinajstić information content (AvgIpc) is 2.93. The van der Waals surface area contributed by atoms with E-state index in [0.29, 0.717) is 6.54 Å². The SMILES string of the molecule is CC(C)(C(=O)NCCn1ccnc1)N1CCNCC1. The fourth-order valence-corrected chi connectivity index (χ4v) is 2.30. The molecule has 0 saturated carbocycles. The first-order valence-corrected chi connectivity index (χ1v) is 6.80. The number of imidazole rings is 1. The van der Waals surface area contributed by atoms with Crippen molar-refractivity contribution < 1.29 is 4.79 Å². The summed E-state index contributed by atoms with van der Waals surface area (Å²) in [5.74, 6) is 0.0921. The van der Waals surface area contributed by atoms with Crippen molar-refractivity contribution in [1.82, 2.24) is 25.1 Å². The summed E-state index contributed by atoms with van der Waals surface area (Å²) in [5, 5.41) is 6.31. The van der Waals surface area contributed by atoms with E-state index < -0.39 is 5.54 Å². The summed E-state index contributed by atoms with van der Waals surface area (Å²) in [6.45, 7) is 9.10. The van der Waals surface area contributed by atoms with E-state index in [9.17, 15) is 4.79 Å². The first kappa shape index (κ1) is 14.0. The Bertz CT molecular complexity index is 395. The molecule has 1 aliphatic heterocycles. The molecule has 2 N–H and O–H groups in total. The predicted octanol–water partition coefficient (Wildman–Crippen LogP) is -0.317. The Morgan fingerprint density at radius 3 is 2.79 bits per heavy atom. The van der Waals surface area contributed by atoms with Gasteiger partial charge in [-0.3, -0.25) is 9.69 Å². The van der Waals surface area contributed by atoms with Crippen LogP contribution in [0.3, 0.4) is 0 Å². The monoisotopic (exact) mass is 265 g/mol. The number of piperazine rings is 1. The first-order chi connectivity index (χ1) is 9.10. The van der Waals surface area contributed by atoms with Crippen molar-refractivity contribution >= 4 is 5.91 Å². The number of amides is 1. The summed E-state index contributed by atoms with van der Waals surface area (Å²) in [7, 11) is 0. The second-order valence-electron chi connectivity index (χ2n) is 5.35. The van der Waals surface area contributed by atoms with Crippen molar-refractivity contribution in [3.63, 3.8) is 0 Å². The van der Waals surface area contributed by atoms with Gasteiger partial charge < -0.3 is 15.2 Å². The molecule has 1 saturated heterocycles. The lowest BCUT2D eigenvalue weighted by Gasteiger charge is -2.39. The van der Waals surface area contributed by atoms with Crippen LogP contribution < -0.4 is 10.6 Å². The van der Waals surface area contributed by atoms with E-state index in [-0.39, 0.29) is 5.91 Å². The van der Waals surface area contributed by atoms with Crippen LogP contribution in [0.5, 0.6) is 0 Å². The molecule has 1 aromatic rings. The largest absolute Gasteiger partial charge is 0.353 e. The van der Waals surface area contributed by atoms with Gasteiger partial charge in [0.25, 0.3) is 0 Å². The van der Waals surface area contributed by atoms with E-state index >= 15 is 0 Å². The van der Waals surface area contributed by atoms with Crippen LogP contribution in [-0.2, 0) is 11.3 Å². The predicted molar refractivity (Wildman–Crippen MR) is 73.8 cm³/mol. The molecule has 6 heteroatoms. The minimum atomic E-state index is -0.447. The second-order valence-corrected chi connectivity index (χ2v) is 5.35. The highest BCUT2D eigenvalue weighted by Gasteiger charge is 2.34. The maximum atomic E-state index is 12.3. The first-order valence-electron chi connectivity index (χ1n) is 6.80. The maximum Gasteiger partial charge on any atom is 0.240 e. The number of nitrogens with one attached hydrogen (secondary N) is 2. The molecular weight excluding hydrogens is 242 g/mol. The molecule has 0 unspecified atom stereocenters. The zero-order valence-electron chi connectivity index (χ0n) is 11.7. The van der Waals surface area contributed by atoms with Gasteiger partial charge in [0.1, 0.15) is 0 Å². The lowest BCUT2D eigenvalue weighted by Crippen LogP contribution is -2.60. The van der Waals surface area contributed by atoms with Crippen LogP contribution in [0, 0.1) is 0 Å². The Labute approximate surface area is 114 Å². The van der Waals surface area contributed by atoms with E-state index in [0.717, 1.165) is 32.7 Å². The number of hydrogen-bond acceptors (Lipinski definition) is 4. The molecule has 1 amide bonds. The standard InChI is InChI=1S/C13H23N5O/c1-13(2,18-9-4-14-5-10-18)12(19)16-6-8-17-7-3-15-11-17/h3,7,11,14H,4-6,8-10H2,1-2H3,(H,16,19). The van der Waals surface area contributed by atoms with Crippen LogP contribution in [0.1, 0.15) is 13.8 Å². The van der Waals surface area contributed by atoms with Gasteiger partial charge in [0.2, 0.25) is 5.91 Å². The van der Waals surface area contributed by atoms with Crippen molar-refractivity contribution in [1.29, 1.82) is 0 Å². The quantitative estimate of drug-likeness (QED) is 0.766. The number of carbonyl (C=O) groups excluding carboxylic acids is 1. The Hall–Kier alpha value is -1.40. The third-order valence-corrected chi connectivity index (χ3v) is 3.68. The number of carbonyl (C=O) groups is 1. The van der Waals surface area contributed by atoms with Crippen LogP contribution in [-0.4, -0.2) is 58.6 Å². The molecule has 0 radical (unpaired) electrons. The Kier molecular flexibility index (Phi) is 4.55. The van der Waals surface area contributed by atoms with Crippen molar-refractivity contribution in [3.8, 4) is 0 Å². The number of rotatable bonds is 5. The third-order valence-electron chi connectivity index (χ3n) is 3.68. The molecule has 1 aliphatic rings. The maximum absolute atomic E-state index is 12.3. The molecule has 19 heavy (non-hydrogen) atoms. The summed E-state index contributed by atoms with van der Waals surface area (Å²) in [6.07, 6.45) is 5.40. The average molecular weight is 265 g/mol. The second kappa shape index (κ2) is 6.16. The van der Waals surface area contributed by atoms with Crippen LogP contribution in [0.4, 0.5) is 0 Å². The normalized spacial score (nSPS) is 17.4. The van der Waals surface area contributed by atoms with Gasteiger partial charge in [-0.15, -0.1) is 0 Å². The lowest BCUT2D eigenvalue weighted by atomic mass is 10.0. The molecule has 0 aliphatic carbocycles. The van der Waals surface area contributed by atoms with Gasteiger partial charge in [0.05, 0.1) is 11.9 Å². The van der Waals surface area contributed by atoms with Gasteiger partial charge in [-0.05, 0) is 13.8 Å². The van der Waals surface area contributed by atoms with E-state index in [4.69, 9.17) is 0 Å². The highest BCUT2D eigenvalue weighted by atomic mass is 16.2. The van der Waals surface area contributed by atoms with E-state index in [2.05, 4.69) is 20.5 Å². The van der Waals surface area contributed by atoms with E-state index in [1.54, 1.807) is 12.5 Å². The smallest absolute Gasteiger partial charge is 0.240 e. The van der Waals surface area contributed by atoms with Gasteiger partial charge >= 0.3 is 0 Å². The Balaban J connectivity index is 1.80. The van der Waals surface area contributed by atoms with E-state index in [1.807, 2.05) is 24.6 Å². The molecule has 0 aromatic carbocycles. The van der Waals surface area contributed by atoms with Gasteiger partial charge in [-0.1, -0.05) is 0 Å². The molecule has 1 aromatic heterocycles. The molecule has 1 fully saturated rings. The topological polar surface area (TPSA) is 62.2 Å². The number of nitrogens with zero attached hydrogens (tertiary/aromatic N) is 3. The highest BCUT2D eigenvalue weighted by molar-refractivity contribution is 5.85. The minimum Gasteiger partial charge on any atom is -0.353 e. The third kappa shape index (κ3) is 3.54. The van der Waals surface area contributed by atoms with Crippen LogP contribution in [0.2, 0.25) is 0 Å². The highest BCUT2D eigenvalue weighted by Crippen LogP contribution is 2.14. The fourth-order valence-electron chi connectivity index (χ4n) is 2.30. The number of hydrogen-bond donors (Lipinski definition) is 2.